The van der Waals surface area contributed by atoms with Gasteiger partial charge in [-0.25, -0.2) is 4.79 Å². The number of amides is 1. The van der Waals surface area contributed by atoms with Crippen LogP contribution < -0.4 is 0 Å². The average Bonchev–Trinajstić information content (AvgIpc) is 3.25. The molecule has 1 aromatic carbocycles. The molecule has 2 rings (SSSR count). The normalized spacial score (nSPS) is 21.0. The molecule has 1 fully saturated rings. The van der Waals surface area contributed by atoms with Gasteiger partial charge in [-0.05, 0) is 37.8 Å². The van der Waals surface area contributed by atoms with Gasteiger partial charge in [-0.3, -0.25) is 4.79 Å². The first-order valence-corrected chi connectivity index (χ1v) is 7.14. The standard InChI is InChI=1S/C16H18F3NO3/c1-15(2,14(22)23)20(3)13(21)12-8-11(12)9-5-4-6-10(7-9)16(17,18)19/h4-7,11-12H,8H2,1-3H3,(H,22,23). The first-order chi connectivity index (χ1) is 10.5. The van der Waals surface area contributed by atoms with Crippen molar-refractivity contribution in [3.8, 4) is 0 Å². The number of carboxylic acids is 1. The minimum Gasteiger partial charge on any atom is -0.480 e. The zero-order valence-electron chi connectivity index (χ0n) is 13.0. The van der Waals surface area contributed by atoms with Gasteiger partial charge in [-0.1, -0.05) is 18.2 Å². The van der Waals surface area contributed by atoms with Gasteiger partial charge < -0.3 is 10.0 Å². The maximum atomic E-state index is 12.7. The summed E-state index contributed by atoms with van der Waals surface area (Å²) in [5.74, 6) is -2.26. The van der Waals surface area contributed by atoms with Gasteiger partial charge in [-0.15, -0.1) is 0 Å². The maximum Gasteiger partial charge on any atom is 0.416 e. The molecular weight excluding hydrogens is 311 g/mol. The number of carbonyl (C=O) groups is 2. The van der Waals surface area contributed by atoms with E-state index in [9.17, 15) is 22.8 Å². The molecule has 1 amide bonds. The summed E-state index contributed by atoms with van der Waals surface area (Å²) in [5.41, 5.74) is -1.65. The summed E-state index contributed by atoms with van der Waals surface area (Å²) in [6.45, 7) is 2.82. The molecular formula is C16H18F3NO3. The summed E-state index contributed by atoms with van der Waals surface area (Å²) in [6.07, 6.45) is -3.99. The number of carboxylic acid groups (broad SMARTS) is 1. The summed E-state index contributed by atoms with van der Waals surface area (Å²) in [7, 11) is 1.40. The fraction of sp³-hybridized carbons (Fsp3) is 0.500. The number of carbonyl (C=O) groups excluding carboxylic acids is 1. The summed E-state index contributed by atoms with van der Waals surface area (Å²) >= 11 is 0. The Balaban J connectivity index is 2.14. The Kier molecular flexibility index (Phi) is 4.17. The van der Waals surface area contributed by atoms with Crippen LogP contribution in [0.2, 0.25) is 0 Å². The summed E-state index contributed by atoms with van der Waals surface area (Å²) in [5, 5.41) is 9.15. The van der Waals surface area contributed by atoms with Gasteiger partial charge in [-0.2, -0.15) is 13.2 Å². The quantitative estimate of drug-likeness (QED) is 0.923. The third-order valence-electron chi connectivity index (χ3n) is 4.44. The topological polar surface area (TPSA) is 57.6 Å². The lowest BCUT2D eigenvalue weighted by Gasteiger charge is -2.31. The van der Waals surface area contributed by atoms with Crippen molar-refractivity contribution in [1.29, 1.82) is 0 Å². The molecule has 0 spiro atoms. The second kappa shape index (κ2) is 5.54. The van der Waals surface area contributed by atoms with Gasteiger partial charge in [0.25, 0.3) is 0 Å². The van der Waals surface area contributed by atoms with Crippen molar-refractivity contribution in [2.75, 3.05) is 7.05 Å². The van der Waals surface area contributed by atoms with E-state index in [2.05, 4.69) is 0 Å². The lowest BCUT2D eigenvalue weighted by molar-refractivity contribution is -0.155. The SMILES string of the molecule is CN(C(=O)C1CC1c1cccc(C(F)(F)F)c1)C(C)(C)C(=O)O. The number of aliphatic carboxylic acids is 1. The van der Waals surface area contributed by atoms with Crippen LogP contribution in [0.4, 0.5) is 13.2 Å². The van der Waals surface area contributed by atoms with Crippen molar-refractivity contribution in [1.82, 2.24) is 4.90 Å². The fourth-order valence-electron chi connectivity index (χ4n) is 2.45. The van der Waals surface area contributed by atoms with E-state index in [4.69, 9.17) is 5.11 Å². The van der Waals surface area contributed by atoms with E-state index in [0.717, 1.165) is 17.0 Å². The van der Waals surface area contributed by atoms with Crippen molar-refractivity contribution < 1.29 is 27.9 Å². The first-order valence-electron chi connectivity index (χ1n) is 7.14. The lowest BCUT2D eigenvalue weighted by Crippen LogP contribution is -2.51. The predicted octanol–water partition coefficient (Wildman–Crippen LogP) is 3.13. The molecule has 4 nitrogen and oxygen atoms in total. The van der Waals surface area contributed by atoms with Crippen molar-refractivity contribution in [2.24, 2.45) is 5.92 Å². The summed E-state index contributed by atoms with van der Waals surface area (Å²) in [4.78, 5) is 24.7. The minimum absolute atomic E-state index is 0.295. The number of hydrogen-bond donors (Lipinski definition) is 1. The molecule has 126 valence electrons. The van der Waals surface area contributed by atoms with Crippen LogP contribution in [0.25, 0.3) is 0 Å². The molecule has 0 bridgehead atoms. The van der Waals surface area contributed by atoms with Crippen LogP contribution in [0.1, 0.15) is 37.3 Å². The van der Waals surface area contributed by atoms with Crippen molar-refractivity contribution >= 4 is 11.9 Å². The zero-order chi connectivity index (χ0) is 17.6. The highest BCUT2D eigenvalue weighted by Gasteiger charge is 2.49. The maximum absolute atomic E-state index is 12.7. The third-order valence-corrected chi connectivity index (χ3v) is 4.44. The molecule has 1 aliphatic rings. The Morgan fingerprint density at radius 1 is 1.26 bits per heavy atom. The van der Waals surface area contributed by atoms with E-state index in [1.165, 1.54) is 27.0 Å². The molecule has 7 heteroatoms. The monoisotopic (exact) mass is 329 g/mol. The van der Waals surface area contributed by atoms with Crippen LogP contribution >= 0.6 is 0 Å². The van der Waals surface area contributed by atoms with Crippen LogP contribution in [0, 0.1) is 5.92 Å². The van der Waals surface area contributed by atoms with E-state index < -0.39 is 29.2 Å². The summed E-state index contributed by atoms with van der Waals surface area (Å²) < 4.78 is 38.2. The molecule has 0 heterocycles. The van der Waals surface area contributed by atoms with E-state index in [-0.39, 0.29) is 11.8 Å². The van der Waals surface area contributed by atoms with Gasteiger partial charge in [0.05, 0.1) is 5.56 Å². The molecule has 23 heavy (non-hydrogen) atoms. The first kappa shape index (κ1) is 17.3. The Labute approximate surface area is 131 Å². The highest BCUT2D eigenvalue weighted by Crippen LogP contribution is 2.49. The van der Waals surface area contributed by atoms with Crippen LogP contribution in [0.5, 0.6) is 0 Å². The molecule has 1 N–H and O–H groups in total. The van der Waals surface area contributed by atoms with E-state index in [1.54, 1.807) is 6.07 Å². The summed E-state index contributed by atoms with van der Waals surface area (Å²) in [6, 6.07) is 4.93. The Morgan fingerprint density at radius 2 is 1.87 bits per heavy atom. The number of hydrogen-bond acceptors (Lipinski definition) is 2. The third kappa shape index (κ3) is 3.33. The Morgan fingerprint density at radius 3 is 2.39 bits per heavy atom. The van der Waals surface area contributed by atoms with E-state index in [0.29, 0.717) is 12.0 Å². The van der Waals surface area contributed by atoms with Gasteiger partial charge in [0.1, 0.15) is 5.54 Å². The van der Waals surface area contributed by atoms with Crippen molar-refractivity contribution in [3.05, 3.63) is 35.4 Å². The number of likely N-dealkylation sites (N-methyl/N-ethyl adjacent to an activating group) is 1. The van der Waals surface area contributed by atoms with E-state index >= 15 is 0 Å². The van der Waals surface area contributed by atoms with Gasteiger partial charge in [0, 0.05) is 13.0 Å². The average molecular weight is 329 g/mol. The fourth-order valence-corrected chi connectivity index (χ4v) is 2.45. The molecule has 0 aromatic heterocycles. The van der Waals surface area contributed by atoms with Gasteiger partial charge in [0.15, 0.2) is 0 Å². The largest absolute Gasteiger partial charge is 0.480 e. The molecule has 1 saturated carbocycles. The van der Waals surface area contributed by atoms with Crippen LogP contribution in [0.3, 0.4) is 0 Å². The predicted molar refractivity (Wildman–Crippen MR) is 76.8 cm³/mol. The van der Waals surface area contributed by atoms with Crippen LogP contribution in [-0.2, 0) is 15.8 Å². The number of benzene rings is 1. The number of halogens is 3. The molecule has 0 saturated heterocycles. The Hall–Kier alpha value is -2.05. The molecule has 0 radical (unpaired) electrons. The number of alkyl halides is 3. The molecule has 2 unspecified atom stereocenters. The lowest BCUT2D eigenvalue weighted by atomic mass is 10.0. The highest BCUT2D eigenvalue weighted by atomic mass is 19.4. The van der Waals surface area contributed by atoms with E-state index in [1.807, 2.05) is 0 Å². The second-order valence-corrected chi connectivity index (χ2v) is 6.33. The number of nitrogens with zero attached hydrogens (tertiary/aromatic N) is 1. The molecule has 0 aliphatic heterocycles. The smallest absolute Gasteiger partial charge is 0.416 e. The molecule has 2 atom stereocenters. The van der Waals surface area contributed by atoms with Crippen LogP contribution in [0.15, 0.2) is 24.3 Å². The van der Waals surface area contributed by atoms with Crippen molar-refractivity contribution in [3.63, 3.8) is 0 Å². The Bertz CT molecular complexity index is 640. The van der Waals surface area contributed by atoms with Crippen molar-refractivity contribution in [2.45, 2.75) is 37.9 Å². The van der Waals surface area contributed by atoms with Gasteiger partial charge in [0.2, 0.25) is 5.91 Å². The zero-order valence-corrected chi connectivity index (χ0v) is 13.0. The highest BCUT2D eigenvalue weighted by molar-refractivity contribution is 5.89. The van der Waals surface area contributed by atoms with Gasteiger partial charge >= 0.3 is 12.1 Å². The second-order valence-electron chi connectivity index (χ2n) is 6.33. The molecule has 1 aromatic rings. The minimum atomic E-state index is -4.42. The van der Waals surface area contributed by atoms with Crippen LogP contribution in [-0.4, -0.2) is 34.5 Å². The number of rotatable bonds is 4. The molecule has 1 aliphatic carbocycles.